The third-order valence-electron chi connectivity index (χ3n) is 2.48. The van der Waals surface area contributed by atoms with Gasteiger partial charge in [-0.3, -0.25) is 4.90 Å². The average Bonchev–Trinajstić information content (AvgIpc) is 2.30. The molecule has 3 heterocycles. The lowest BCUT2D eigenvalue weighted by molar-refractivity contribution is 0.654. The van der Waals surface area contributed by atoms with Crippen LogP contribution < -0.4 is 0 Å². The number of rotatable bonds is 0. The Morgan fingerprint density at radius 2 is 1.67 bits per heavy atom. The predicted octanol–water partition coefficient (Wildman–Crippen LogP) is 0.215. The van der Waals surface area contributed by atoms with Crippen molar-refractivity contribution in [3.63, 3.8) is 0 Å². The zero-order chi connectivity index (χ0) is 3.72. The Bertz CT molecular complexity index is 76.5. The first-order chi connectivity index (χ1) is 2.98. The van der Waals surface area contributed by atoms with E-state index in [4.69, 9.17) is 0 Å². The summed E-state index contributed by atoms with van der Waals surface area (Å²) in [4.78, 5) is 2.61. The summed E-state index contributed by atoms with van der Waals surface area (Å²) in [6, 6.07) is 3.34. The van der Waals surface area contributed by atoms with Crippen LogP contribution in [0.4, 0.5) is 0 Å². The fourth-order valence-electron chi connectivity index (χ4n) is 2.02. The van der Waals surface area contributed by atoms with E-state index >= 15 is 0 Å². The average molecular weight is 81.1 g/mol. The van der Waals surface area contributed by atoms with Crippen LogP contribution in [0.25, 0.3) is 0 Å². The number of hydrogen-bond acceptors (Lipinski definition) is 1. The number of fused-ring (bicyclic) bond motifs is 1. The highest BCUT2D eigenvalue weighted by molar-refractivity contribution is 5.31. The van der Waals surface area contributed by atoms with Crippen LogP contribution >= 0.6 is 0 Å². The summed E-state index contributed by atoms with van der Waals surface area (Å²) in [5.41, 5.74) is 0. The first-order valence-corrected chi connectivity index (χ1v) is 2.76. The first kappa shape index (κ1) is 2.31. The molecule has 1 saturated carbocycles. The molecule has 0 amide bonds. The van der Waals surface area contributed by atoms with Crippen molar-refractivity contribution in [3.05, 3.63) is 0 Å². The number of piperidine rings is 1. The fourth-order valence-corrected chi connectivity index (χ4v) is 2.02. The molecule has 0 spiro atoms. The maximum atomic E-state index is 2.61. The van der Waals surface area contributed by atoms with Crippen LogP contribution in [0.3, 0.4) is 0 Å². The summed E-state index contributed by atoms with van der Waals surface area (Å²) in [6.07, 6.45) is 3.05. The highest BCUT2D eigenvalue weighted by atomic mass is 15.6. The molecular weight excluding hydrogens is 74.1 g/mol. The van der Waals surface area contributed by atoms with Crippen LogP contribution in [-0.2, 0) is 0 Å². The molecule has 0 aromatic rings. The molecular formula is C5H7N. The van der Waals surface area contributed by atoms with Gasteiger partial charge in [-0.2, -0.15) is 0 Å². The van der Waals surface area contributed by atoms with Crippen molar-refractivity contribution >= 4 is 0 Å². The highest BCUT2D eigenvalue weighted by Gasteiger charge is 2.74. The van der Waals surface area contributed by atoms with Gasteiger partial charge in [0, 0.05) is 18.1 Å². The minimum absolute atomic E-state index is 1.11. The zero-order valence-electron chi connectivity index (χ0n) is 3.59. The van der Waals surface area contributed by atoms with Gasteiger partial charge in [-0.15, -0.1) is 0 Å². The summed E-state index contributed by atoms with van der Waals surface area (Å²) >= 11 is 0. The SMILES string of the molecule is C1CC2C3C1N23. The highest BCUT2D eigenvalue weighted by Crippen LogP contribution is 2.61. The van der Waals surface area contributed by atoms with Crippen molar-refractivity contribution in [3.8, 4) is 0 Å². The molecule has 0 radical (unpaired) electrons. The second-order valence-electron chi connectivity index (χ2n) is 2.65. The molecule has 2 unspecified atom stereocenters. The van der Waals surface area contributed by atoms with Gasteiger partial charge >= 0.3 is 0 Å². The van der Waals surface area contributed by atoms with Crippen molar-refractivity contribution in [1.82, 2.24) is 4.90 Å². The van der Waals surface area contributed by atoms with Crippen molar-refractivity contribution < 1.29 is 0 Å². The van der Waals surface area contributed by atoms with Gasteiger partial charge < -0.3 is 0 Å². The Morgan fingerprint density at radius 3 is 1.83 bits per heavy atom. The van der Waals surface area contributed by atoms with Gasteiger partial charge in [-0.1, -0.05) is 0 Å². The third-order valence-corrected chi connectivity index (χ3v) is 2.48. The van der Waals surface area contributed by atoms with Crippen LogP contribution in [0, 0.1) is 0 Å². The van der Waals surface area contributed by atoms with Crippen LogP contribution in [0.1, 0.15) is 12.8 Å². The third kappa shape index (κ3) is 0.0790. The van der Waals surface area contributed by atoms with E-state index in [1.165, 1.54) is 12.8 Å². The first-order valence-electron chi connectivity index (χ1n) is 2.76. The second-order valence-corrected chi connectivity index (χ2v) is 2.65. The molecule has 1 aliphatic carbocycles. The summed E-state index contributed by atoms with van der Waals surface area (Å²) < 4.78 is 0. The lowest BCUT2D eigenvalue weighted by atomic mass is 10.3. The van der Waals surface area contributed by atoms with Crippen molar-refractivity contribution in [2.24, 2.45) is 0 Å². The Morgan fingerprint density at radius 1 is 1.17 bits per heavy atom. The van der Waals surface area contributed by atoms with Gasteiger partial charge in [0.05, 0.1) is 0 Å². The standard InChI is InChI=1S/C5H7N/c1-2-4-5-3(1)6(4)5/h3-5H,1-2H2. The molecule has 4 fully saturated rings. The van der Waals surface area contributed by atoms with Crippen LogP contribution in [0.2, 0.25) is 0 Å². The molecule has 3 saturated heterocycles. The summed E-state index contributed by atoms with van der Waals surface area (Å²) in [5.74, 6) is 0. The molecule has 0 N–H and O–H groups in total. The summed E-state index contributed by atoms with van der Waals surface area (Å²) in [6.45, 7) is 0. The van der Waals surface area contributed by atoms with Gasteiger partial charge in [0.25, 0.3) is 0 Å². The largest absolute Gasteiger partial charge is 0.288 e. The maximum absolute atomic E-state index is 2.61. The molecule has 0 aromatic heterocycles. The van der Waals surface area contributed by atoms with E-state index in [1.54, 1.807) is 0 Å². The number of nitrogens with zero attached hydrogens (tertiary/aromatic N) is 1. The Kier molecular flexibility index (Phi) is 0.154. The predicted molar refractivity (Wildman–Crippen MR) is 22.4 cm³/mol. The van der Waals surface area contributed by atoms with E-state index in [0.717, 1.165) is 18.1 Å². The molecule has 4 rings (SSSR count). The van der Waals surface area contributed by atoms with Gasteiger partial charge in [-0.25, -0.2) is 0 Å². The number of hydrogen-bond donors (Lipinski definition) is 0. The van der Waals surface area contributed by atoms with Crippen LogP contribution in [0.5, 0.6) is 0 Å². The molecule has 6 heavy (non-hydrogen) atoms. The molecule has 4 aliphatic rings. The smallest absolute Gasteiger partial charge is 0.0414 e. The van der Waals surface area contributed by atoms with E-state index in [-0.39, 0.29) is 0 Å². The van der Waals surface area contributed by atoms with Gasteiger partial charge in [-0.05, 0) is 12.8 Å². The second kappa shape index (κ2) is 0.399. The Labute approximate surface area is 36.9 Å². The normalized spacial score (nSPS) is 80.0. The molecule has 32 valence electrons. The monoisotopic (exact) mass is 81.1 g/mol. The topological polar surface area (TPSA) is 3.01 Å². The van der Waals surface area contributed by atoms with Gasteiger partial charge in [0.1, 0.15) is 0 Å². The molecule has 2 bridgehead atoms. The van der Waals surface area contributed by atoms with Crippen LogP contribution in [0.15, 0.2) is 0 Å². The van der Waals surface area contributed by atoms with E-state index in [9.17, 15) is 0 Å². The van der Waals surface area contributed by atoms with Crippen molar-refractivity contribution in [2.75, 3.05) is 0 Å². The maximum Gasteiger partial charge on any atom is 0.0414 e. The van der Waals surface area contributed by atoms with E-state index < -0.39 is 0 Å². The zero-order valence-corrected chi connectivity index (χ0v) is 3.59. The van der Waals surface area contributed by atoms with Crippen molar-refractivity contribution in [2.45, 2.75) is 31.0 Å². The lowest BCUT2D eigenvalue weighted by Gasteiger charge is -1.83. The molecule has 2 atom stereocenters. The van der Waals surface area contributed by atoms with Crippen LogP contribution in [-0.4, -0.2) is 23.0 Å². The molecule has 3 aliphatic heterocycles. The Hall–Kier alpha value is -0.0400. The van der Waals surface area contributed by atoms with Crippen molar-refractivity contribution in [1.29, 1.82) is 0 Å². The van der Waals surface area contributed by atoms with E-state index in [0.29, 0.717) is 0 Å². The molecule has 0 aromatic carbocycles. The van der Waals surface area contributed by atoms with E-state index in [1.807, 2.05) is 0 Å². The van der Waals surface area contributed by atoms with Gasteiger partial charge in [0.15, 0.2) is 0 Å². The quantitative estimate of drug-likeness (QED) is 0.377. The fraction of sp³-hybridized carbons (Fsp3) is 1.00. The molecule has 1 nitrogen and oxygen atoms in total. The lowest BCUT2D eigenvalue weighted by Crippen LogP contribution is -1.99. The molecule has 1 heteroatoms. The minimum Gasteiger partial charge on any atom is -0.288 e. The van der Waals surface area contributed by atoms with Gasteiger partial charge in [0.2, 0.25) is 0 Å². The summed E-state index contributed by atoms with van der Waals surface area (Å²) in [7, 11) is 0. The summed E-state index contributed by atoms with van der Waals surface area (Å²) in [5, 5.41) is 0. The minimum atomic E-state index is 1.11. The van der Waals surface area contributed by atoms with E-state index in [2.05, 4.69) is 4.90 Å². The Balaban J connectivity index is 2.21.